The molecule has 2 aromatic heterocycles. The van der Waals surface area contributed by atoms with Crippen molar-refractivity contribution in [1.82, 2.24) is 4.98 Å². The van der Waals surface area contributed by atoms with Crippen LogP contribution in [0.2, 0.25) is 0 Å². The van der Waals surface area contributed by atoms with Gasteiger partial charge in [0.25, 0.3) is 0 Å². The van der Waals surface area contributed by atoms with Crippen molar-refractivity contribution in [3.05, 3.63) is 27.8 Å². The van der Waals surface area contributed by atoms with Crippen LogP contribution in [0.15, 0.2) is 22.9 Å². The Hall–Kier alpha value is -0.980. The average molecular weight is 344 g/mol. The Morgan fingerprint density at radius 2 is 2.21 bits per heavy atom. The number of hydrogen-bond donors (Lipinski definition) is 1. The first-order valence-electron chi connectivity index (χ1n) is 5.67. The van der Waals surface area contributed by atoms with Crippen LogP contribution in [0.5, 0.6) is 0 Å². The molecule has 102 valence electrons. The number of pyridine rings is 1. The van der Waals surface area contributed by atoms with Crippen molar-refractivity contribution in [2.75, 3.05) is 7.11 Å². The number of rotatable bonds is 3. The summed E-state index contributed by atoms with van der Waals surface area (Å²) in [5.74, 6) is -0.436. The van der Waals surface area contributed by atoms with E-state index in [1.807, 2.05) is 6.07 Å². The van der Waals surface area contributed by atoms with Crippen molar-refractivity contribution in [3.8, 4) is 0 Å². The molecule has 0 amide bonds. The molecule has 0 aliphatic heterocycles. The number of aliphatic hydroxyl groups excluding tert-OH is 1. The summed E-state index contributed by atoms with van der Waals surface area (Å²) in [5.41, 5.74) is -0.991. The lowest BCUT2D eigenvalue weighted by atomic mass is 9.85. The SMILES string of the molecule is COC(=O)C(C)(C)C(O)c1cc2c(Br)cncc2s1. The monoisotopic (exact) mass is 343 g/mol. The maximum absolute atomic E-state index is 11.7. The summed E-state index contributed by atoms with van der Waals surface area (Å²) in [5, 5.41) is 11.4. The fourth-order valence-electron chi connectivity index (χ4n) is 1.81. The van der Waals surface area contributed by atoms with Crippen molar-refractivity contribution in [2.24, 2.45) is 5.41 Å². The Morgan fingerprint density at radius 1 is 1.53 bits per heavy atom. The molecule has 1 N–H and O–H groups in total. The number of nitrogens with zero attached hydrogens (tertiary/aromatic N) is 1. The van der Waals surface area contributed by atoms with E-state index in [4.69, 9.17) is 4.74 Å². The Bertz CT molecular complexity index is 623. The second-order valence-electron chi connectivity index (χ2n) is 4.80. The van der Waals surface area contributed by atoms with Crippen LogP contribution in [0.25, 0.3) is 10.1 Å². The molecule has 2 rings (SSSR count). The summed E-state index contributed by atoms with van der Waals surface area (Å²) >= 11 is 4.85. The molecule has 0 aliphatic rings. The van der Waals surface area contributed by atoms with Gasteiger partial charge in [0.15, 0.2) is 0 Å². The Labute approximate surface area is 123 Å². The van der Waals surface area contributed by atoms with E-state index in [1.165, 1.54) is 18.4 Å². The third-order valence-electron chi connectivity index (χ3n) is 3.08. The summed E-state index contributed by atoms with van der Waals surface area (Å²) in [6.45, 7) is 3.34. The Morgan fingerprint density at radius 3 is 2.79 bits per heavy atom. The van der Waals surface area contributed by atoms with E-state index in [9.17, 15) is 9.90 Å². The Kier molecular flexibility index (Phi) is 3.94. The molecule has 0 saturated carbocycles. The Balaban J connectivity index is 2.44. The minimum atomic E-state index is -0.991. The van der Waals surface area contributed by atoms with Gasteiger partial charge in [0.05, 0.1) is 17.2 Å². The average Bonchev–Trinajstić information content (AvgIpc) is 2.82. The first-order valence-corrected chi connectivity index (χ1v) is 7.28. The van der Waals surface area contributed by atoms with Gasteiger partial charge in [-0.05, 0) is 35.8 Å². The highest BCUT2D eigenvalue weighted by molar-refractivity contribution is 9.10. The largest absolute Gasteiger partial charge is 0.469 e. The van der Waals surface area contributed by atoms with E-state index in [1.54, 1.807) is 26.2 Å². The van der Waals surface area contributed by atoms with Gasteiger partial charge in [0.1, 0.15) is 6.10 Å². The number of aliphatic hydroxyl groups is 1. The minimum Gasteiger partial charge on any atom is -0.469 e. The number of aromatic nitrogens is 1. The zero-order valence-electron chi connectivity index (χ0n) is 10.8. The molecule has 6 heteroatoms. The number of halogens is 1. The van der Waals surface area contributed by atoms with E-state index in [0.717, 1.165) is 19.4 Å². The predicted octanol–water partition coefficient (Wildman–Crippen LogP) is 3.29. The van der Waals surface area contributed by atoms with E-state index >= 15 is 0 Å². The van der Waals surface area contributed by atoms with Crippen LogP contribution in [-0.4, -0.2) is 23.2 Å². The number of thiophene rings is 1. The molecule has 1 unspecified atom stereocenters. The highest BCUT2D eigenvalue weighted by Crippen LogP contribution is 2.41. The molecule has 2 heterocycles. The third-order valence-corrected chi connectivity index (χ3v) is 4.84. The molecule has 0 bridgehead atoms. The van der Waals surface area contributed by atoms with Crippen LogP contribution in [0.4, 0.5) is 0 Å². The molecule has 0 fully saturated rings. The van der Waals surface area contributed by atoms with Gasteiger partial charge >= 0.3 is 5.97 Å². The van der Waals surface area contributed by atoms with Crippen LogP contribution >= 0.6 is 27.3 Å². The molecule has 0 spiro atoms. The van der Waals surface area contributed by atoms with Gasteiger partial charge in [-0.25, -0.2) is 0 Å². The standard InChI is InChI=1S/C13H14BrNO3S/c1-13(2,12(17)18-3)11(16)9-4-7-8(14)5-15-6-10(7)19-9/h4-6,11,16H,1-3H3. The first kappa shape index (κ1) is 14.4. The van der Waals surface area contributed by atoms with Gasteiger partial charge in [0.2, 0.25) is 0 Å². The third kappa shape index (κ3) is 2.52. The summed E-state index contributed by atoms with van der Waals surface area (Å²) in [7, 11) is 1.32. The number of esters is 1. The highest BCUT2D eigenvalue weighted by Gasteiger charge is 2.38. The van der Waals surface area contributed by atoms with E-state index in [0.29, 0.717) is 0 Å². The first-order chi connectivity index (χ1) is 8.87. The van der Waals surface area contributed by atoms with Gasteiger partial charge in [-0.15, -0.1) is 11.3 Å². The smallest absolute Gasteiger partial charge is 0.314 e. The molecule has 2 aromatic rings. The quantitative estimate of drug-likeness (QED) is 0.868. The van der Waals surface area contributed by atoms with Crippen molar-refractivity contribution in [2.45, 2.75) is 20.0 Å². The van der Waals surface area contributed by atoms with Crippen molar-refractivity contribution in [1.29, 1.82) is 0 Å². The summed E-state index contributed by atoms with van der Waals surface area (Å²) in [6, 6.07) is 1.88. The summed E-state index contributed by atoms with van der Waals surface area (Å²) < 4.78 is 6.57. The van der Waals surface area contributed by atoms with E-state index in [-0.39, 0.29) is 0 Å². The fraction of sp³-hybridized carbons (Fsp3) is 0.385. The molecule has 0 aliphatic carbocycles. The van der Waals surface area contributed by atoms with Crippen molar-refractivity contribution >= 4 is 43.3 Å². The molecule has 19 heavy (non-hydrogen) atoms. The lowest BCUT2D eigenvalue weighted by Gasteiger charge is -2.26. The summed E-state index contributed by atoms with van der Waals surface area (Å²) in [6.07, 6.45) is 2.53. The van der Waals surface area contributed by atoms with Gasteiger partial charge in [0, 0.05) is 27.1 Å². The van der Waals surface area contributed by atoms with Crippen molar-refractivity contribution in [3.63, 3.8) is 0 Å². The number of hydrogen-bond acceptors (Lipinski definition) is 5. The molecule has 4 nitrogen and oxygen atoms in total. The van der Waals surface area contributed by atoms with Gasteiger partial charge in [-0.3, -0.25) is 9.78 Å². The number of carbonyl (C=O) groups excluding carboxylic acids is 1. The molecule has 0 saturated heterocycles. The molecule has 0 radical (unpaired) electrons. The zero-order chi connectivity index (χ0) is 14.2. The zero-order valence-corrected chi connectivity index (χ0v) is 13.2. The normalized spacial score (nSPS) is 13.5. The number of carbonyl (C=O) groups is 1. The van der Waals surface area contributed by atoms with Crippen molar-refractivity contribution < 1.29 is 14.6 Å². The lowest BCUT2D eigenvalue weighted by Crippen LogP contribution is -2.32. The number of fused-ring (bicyclic) bond motifs is 1. The molecule has 0 aromatic carbocycles. The van der Waals surface area contributed by atoms with Gasteiger partial charge in [-0.1, -0.05) is 0 Å². The van der Waals surface area contributed by atoms with Crippen LogP contribution in [0.3, 0.4) is 0 Å². The predicted molar refractivity (Wildman–Crippen MR) is 78.1 cm³/mol. The van der Waals surface area contributed by atoms with Crippen LogP contribution < -0.4 is 0 Å². The second kappa shape index (κ2) is 5.19. The van der Waals surface area contributed by atoms with Crippen LogP contribution in [-0.2, 0) is 9.53 Å². The van der Waals surface area contributed by atoms with E-state index in [2.05, 4.69) is 20.9 Å². The minimum absolute atomic E-state index is 0.436. The van der Waals surface area contributed by atoms with Gasteiger partial charge in [-0.2, -0.15) is 0 Å². The number of methoxy groups -OCH3 is 1. The topological polar surface area (TPSA) is 59.4 Å². The second-order valence-corrected chi connectivity index (χ2v) is 6.77. The summed E-state index contributed by atoms with van der Waals surface area (Å²) in [4.78, 5) is 16.5. The number of ether oxygens (including phenoxy) is 1. The molecule has 1 atom stereocenters. The maximum Gasteiger partial charge on any atom is 0.314 e. The maximum atomic E-state index is 11.7. The van der Waals surface area contributed by atoms with Crippen LogP contribution in [0, 0.1) is 5.41 Å². The lowest BCUT2D eigenvalue weighted by molar-refractivity contribution is -0.157. The molecular formula is C13H14BrNO3S. The fourth-order valence-corrected chi connectivity index (χ4v) is 3.62. The molecular weight excluding hydrogens is 330 g/mol. The van der Waals surface area contributed by atoms with Crippen LogP contribution in [0.1, 0.15) is 24.8 Å². The van der Waals surface area contributed by atoms with E-state index < -0.39 is 17.5 Å². The highest BCUT2D eigenvalue weighted by atomic mass is 79.9. The van der Waals surface area contributed by atoms with Gasteiger partial charge < -0.3 is 9.84 Å².